The molecule has 0 bridgehead atoms. The second kappa shape index (κ2) is 7.17. The number of nitrogens with zero attached hydrogens (tertiary/aromatic N) is 1. The third-order valence-corrected chi connectivity index (χ3v) is 5.82. The highest BCUT2D eigenvalue weighted by molar-refractivity contribution is 5.85. The van der Waals surface area contributed by atoms with Gasteiger partial charge in [0.1, 0.15) is 11.6 Å². The minimum absolute atomic E-state index is 0.0386. The average Bonchev–Trinajstić information content (AvgIpc) is 2.97. The standard InChI is InChI=1S/C23H24F4N2/c1-13-10-17(24)20(18(25)11-13)22-21-16(15-6-4-5-7-19(15)28-21)12-14(2)29(22)9-8-23(3,26)27/h4-7,10-11,14,22,28H,8-9,12H2,1-3H3/t14-,22-/m1/s1. The lowest BCUT2D eigenvalue weighted by atomic mass is 9.87. The molecule has 0 spiro atoms. The predicted molar refractivity (Wildman–Crippen MR) is 106 cm³/mol. The summed E-state index contributed by atoms with van der Waals surface area (Å²) in [6.45, 7) is 4.47. The number of hydrogen-bond acceptors (Lipinski definition) is 1. The minimum Gasteiger partial charge on any atom is -0.357 e. The smallest absolute Gasteiger partial charge is 0.246 e. The zero-order valence-corrected chi connectivity index (χ0v) is 16.7. The summed E-state index contributed by atoms with van der Waals surface area (Å²) in [5.41, 5.74) is 2.96. The highest BCUT2D eigenvalue weighted by atomic mass is 19.3. The second-order valence-corrected chi connectivity index (χ2v) is 8.22. The highest BCUT2D eigenvalue weighted by Crippen LogP contribution is 2.43. The van der Waals surface area contributed by atoms with Crippen molar-refractivity contribution in [2.75, 3.05) is 6.54 Å². The molecule has 0 saturated heterocycles. The summed E-state index contributed by atoms with van der Waals surface area (Å²) in [5.74, 6) is -4.16. The molecule has 0 fully saturated rings. The van der Waals surface area contributed by atoms with Gasteiger partial charge in [0.25, 0.3) is 0 Å². The van der Waals surface area contributed by atoms with Crippen LogP contribution in [0.1, 0.15) is 48.7 Å². The highest BCUT2D eigenvalue weighted by Gasteiger charge is 2.39. The number of fused-ring (bicyclic) bond motifs is 3. The Morgan fingerprint density at radius 3 is 2.45 bits per heavy atom. The van der Waals surface area contributed by atoms with Gasteiger partial charge >= 0.3 is 0 Å². The largest absolute Gasteiger partial charge is 0.357 e. The van der Waals surface area contributed by atoms with E-state index in [9.17, 15) is 17.6 Å². The number of halogens is 4. The summed E-state index contributed by atoms with van der Waals surface area (Å²) in [5, 5.41) is 1.01. The molecule has 2 atom stereocenters. The van der Waals surface area contributed by atoms with Crippen LogP contribution in [0.3, 0.4) is 0 Å². The van der Waals surface area contributed by atoms with Gasteiger partial charge in [-0.05, 0) is 56.5 Å². The number of nitrogens with one attached hydrogen (secondary N) is 1. The van der Waals surface area contributed by atoms with Crippen LogP contribution in [0.2, 0.25) is 0 Å². The van der Waals surface area contributed by atoms with Gasteiger partial charge in [-0.1, -0.05) is 18.2 Å². The summed E-state index contributed by atoms with van der Waals surface area (Å²) in [7, 11) is 0. The molecular weight excluding hydrogens is 380 g/mol. The van der Waals surface area contributed by atoms with Gasteiger partial charge in [0.2, 0.25) is 5.92 Å². The second-order valence-electron chi connectivity index (χ2n) is 8.22. The molecule has 4 rings (SSSR count). The number of aromatic nitrogens is 1. The fourth-order valence-electron chi connectivity index (χ4n) is 4.46. The van der Waals surface area contributed by atoms with Crippen molar-refractivity contribution >= 4 is 10.9 Å². The van der Waals surface area contributed by atoms with Crippen LogP contribution in [0.5, 0.6) is 0 Å². The Morgan fingerprint density at radius 1 is 1.14 bits per heavy atom. The number of alkyl halides is 2. The molecular formula is C23H24F4N2. The molecule has 1 N–H and O–H groups in total. The Balaban J connectivity index is 1.91. The molecule has 1 aliphatic rings. The van der Waals surface area contributed by atoms with Crippen molar-refractivity contribution < 1.29 is 17.6 Å². The molecule has 1 aromatic heterocycles. The lowest BCUT2D eigenvalue weighted by Gasteiger charge is -2.41. The predicted octanol–water partition coefficient (Wildman–Crippen LogP) is 6.14. The van der Waals surface area contributed by atoms with Gasteiger partial charge in [-0.2, -0.15) is 0 Å². The lowest BCUT2D eigenvalue weighted by Crippen LogP contribution is -2.44. The monoisotopic (exact) mass is 404 g/mol. The number of aryl methyl sites for hydroxylation is 1. The van der Waals surface area contributed by atoms with Gasteiger partial charge in [0.15, 0.2) is 0 Å². The lowest BCUT2D eigenvalue weighted by molar-refractivity contribution is -0.00590. The maximum Gasteiger partial charge on any atom is 0.246 e. The van der Waals surface area contributed by atoms with E-state index < -0.39 is 23.6 Å². The van der Waals surface area contributed by atoms with E-state index in [0.717, 1.165) is 23.4 Å². The van der Waals surface area contributed by atoms with E-state index in [1.807, 2.05) is 31.2 Å². The Hall–Kier alpha value is -2.34. The van der Waals surface area contributed by atoms with Crippen LogP contribution in [-0.2, 0) is 6.42 Å². The summed E-state index contributed by atoms with van der Waals surface area (Å²) in [6.07, 6.45) is 0.249. The van der Waals surface area contributed by atoms with Gasteiger partial charge in [0.05, 0.1) is 6.04 Å². The Kier molecular flexibility index (Phi) is 4.93. The topological polar surface area (TPSA) is 19.0 Å². The molecule has 0 radical (unpaired) electrons. The molecule has 0 saturated carbocycles. The Morgan fingerprint density at radius 2 is 1.79 bits per heavy atom. The zero-order chi connectivity index (χ0) is 20.9. The van der Waals surface area contributed by atoms with Crippen LogP contribution in [0.15, 0.2) is 36.4 Å². The minimum atomic E-state index is -2.85. The first-order valence-corrected chi connectivity index (χ1v) is 9.84. The first-order chi connectivity index (χ1) is 13.7. The molecule has 3 aromatic rings. The van der Waals surface area contributed by atoms with Gasteiger partial charge in [-0.25, -0.2) is 17.6 Å². The fourth-order valence-corrected chi connectivity index (χ4v) is 4.46. The van der Waals surface area contributed by atoms with E-state index >= 15 is 0 Å². The quantitative estimate of drug-likeness (QED) is 0.518. The van der Waals surface area contributed by atoms with Gasteiger partial charge < -0.3 is 4.98 Å². The van der Waals surface area contributed by atoms with E-state index in [4.69, 9.17) is 0 Å². The summed E-state index contributed by atoms with van der Waals surface area (Å²) in [6, 6.07) is 9.38. The van der Waals surface area contributed by atoms with Gasteiger partial charge in [-0.15, -0.1) is 0 Å². The van der Waals surface area contributed by atoms with Crippen molar-refractivity contribution in [3.05, 3.63) is 70.4 Å². The third-order valence-electron chi connectivity index (χ3n) is 5.82. The molecule has 2 aromatic carbocycles. The van der Waals surface area contributed by atoms with Crippen LogP contribution in [0.25, 0.3) is 10.9 Å². The van der Waals surface area contributed by atoms with E-state index in [-0.39, 0.29) is 24.6 Å². The Bertz CT molecular complexity index is 1030. The number of hydrogen-bond donors (Lipinski definition) is 1. The van der Waals surface area contributed by atoms with Crippen LogP contribution in [-0.4, -0.2) is 28.4 Å². The first kappa shape index (κ1) is 20.0. The summed E-state index contributed by atoms with van der Waals surface area (Å²) in [4.78, 5) is 5.12. The van der Waals surface area contributed by atoms with E-state index in [0.29, 0.717) is 17.7 Å². The van der Waals surface area contributed by atoms with E-state index in [2.05, 4.69) is 4.98 Å². The summed E-state index contributed by atoms with van der Waals surface area (Å²) >= 11 is 0. The maximum absolute atomic E-state index is 15.0. The van der Waals surface area contributed by atoms with E-state index in [1.165, 1.54) is 12.1 Å². The molecule has 0 unspecified atom stereocenters. The molecule has 1 aliphatic heterocycles. The number of aromatic amines is 1. The summed E-state index contributed by atoms with van der Waals surface area (Å²) < 4.78 is 57.2. The number of H-pyrrole nitrogens is 1. The van der Waals surface area contributed by atoms with Gasteiger partial charge in [-0.3, -0.25) is 4.90 Å². The number of para-hydroxylation sites is 1. The maximum atomic E-state index is 15.0. The molecule has 29 heavy (non-hydrogen) atoms. The molecule has 6 heteroatoms. The average molecular weight is 404 g/mol. The normalized spacial score (nSPS) is 20.2. The first-order valence-electron chi connectivity index (χ1n) is 9.84. The van der Waals surface area contributed by atoms with Crippen molar-refractivity contribution in [2.45, 2.75) is 51.6 Å². The van der Waals surface area contributed by atoms with Crippen LogP contribution in [0.4, 0.5) is 17.6 Å². The molecule has 0 amide bonds. The SMILES string of the molecule is Cc1cc(F)c([C@@H]2c3[nH]c4ccccc4c3C[C@@H](C)N2CCC(C)(F)F)c(F)c1. The van der Waals surface area contributed by atoms with Crippen molar-refractivity contribution in [1.29, 1.82) is 0 Å². The molecule has 2 heterocycles. The molecule has 0 aliphatic carbocycles. The Labute approximate surface area is 167 Å². The van der Waals surface area contributed by atoms with E-state index in [1.54, 1.807) is 11.8 Å². The molecule has 154 valence electrons. The van der Waals surface area contributed by atoms with Crippen molar-refractivity contribution in [3.8, 4) is 0 Å². The van der Waals surface area contributed by atoms with Crippen LogP contribution < -0.4 is 0 Å². The van der Waals surface area contributed by atoms with Gasteiger partial charge in [0, 0.05) is 41.2 Å². The van der Waals surface area contributed by atoms with Crippen LogP contribution in [0, 0.1) is 18.6 Å². The number of rotatable bonds is 4. The zero-order valence-electron chi connectivity index (χ0n) is 16.7. The fraction of sp³-hybridized carbons (Fsp3) is 0.391. The molecule has 2 nitrogen and oxygen atoms in total. The van der Waals surface area contributed by atoms with Crippen molar-refractivity contribution in [2.24, 2.45) is 0 Å². The third kappa shape index (κ3) is 3.66. The van der Waals surface area contributed by atoms with Crippen molar-refractivity contribution in [3.63, 3.8) is 0 Å². The van der Waals surface area contributed by atoms with Crippen molar-refractivity contribution in [1.82, 2.24) is 9.88 Å². The van der Waals surface area contributed by atoms with Crippen LogP contribution >= 0.6 is 0 Å². The number of benzene rings is 2.